The van der Waals surface area contributed by atoms with Gasteiger partial charge in [-0.15, -0.1) is 0 Å². The van der Waals surface area contributed by atoms with Gasteiger partial charge in [-0.2, -0.15) is 5.10 Å². The molecule has 0 unspecified atom stereocenters. The van der Waals surface area contributed by atoms with E-state index in [9.17, 15) is 0 Å². The summed E-state index contributed by atoms with van der Waals surface area (Å²) in [7, 11) is 0. The smallest absolute Gasteiger partial charge is 0.300 e. The predicted octanol–water partition coefficient (Wildman–Crippen LogP) is 2.65. The number of aromatic nitrogens is 2. The maximum atomic E-state index is 9.00. The average Bonchev–Trinajstić information content (AvgIpc) is 2.58. The number of carbonyl (C=O) groups is 1. The van der Waals surface area contributed by atoms with Crippen LogP contribution in [0.5, 0.6) is 0 Å². The molecule has 0 aliphatic rings. The number of rotatable bonds is 1. The summed E-state index contributed by atoms with van der Waals surface area (Å²) in [6.07, 6.45) is 1.77. The van der Waals surface area contributed by atoms with Crippen LogP contribution in [-0.4, -0.2) is 21.3 Å². The molecular formula is C10H20N2O2. The molecule has 2 N–H and O–H groups in total. The largest absolute Gasteiger partial charge is 0.481 e. The van der Waals surface area contributed by atoms with E-state index in [0.29, 0.717) is 5.92 Å². The second-order valence-electron chi connectivity index (χ2n) is 2.69. The molecule has 0 amide bonds. The van der Waals surface area contributed by atoms with E-state index in [1.165, 1.54) is 5.69 Å². The fraction of sp³-hybridized carbons (Fsp3) is 0.600. The molecule has 0 atom stereocenters. The van der Waals surface area contributed by atoms with E-state index in [1.807, 2.05) is 19.9 Å². The first-order valence-corrected chi connectivity index (χ1v) is 4.72. The number of H-pyrrole nitrogens is 1. The highest BCUT2D eigenvalue weighted by molar-refractivity contribution is 5.62. The Kier molecular flexibility index (Phi) is 10.6. The van der Waals surface area contributed by atoms with Gasteiger partial charge in [-0.1, -0.05) is 27.7 Å². The molecule has 1 aromatic heterocycles. The first kappa shape index (κ1) is 15.2. The molecule has 0 aromatic carbocycles. The summed E-state index contributed by atoms with van der Waals surface area (Å²) < 4.78 is 0. The number of nitrogens with one attached hydrogen (secondary N) is 1. The maximum Gasteiger partial charge on any atom is 0.300 e. The van der Waals surface area contributed by atoms with Crippen molar-refractivity contribution in [1.29, 1.82) is 0 Å². The number of nitrogens with zero attached hydrogens (tertiary/aromatic N) is 1. The number of hydrogen-bond acceptors (Lipinski definition) is 2. The van der Waals surface area contributed by atoms with Crippen LogP contribution in [0.1, 0.15) is 46.2 Å². The topological polar surface area (TPSA) is 66.0 Å². The molecule has 0 saturated carbocycles. The van der Waals surface area contributed by atoms with Crippen LogP contribution in [0.3, 0.4) is 0 Å². The molecule has 0 aliphatic heterocycles. The van der Waals surface area contributed by atoms with Gasteiger partial charge < -0.3 is 5.11 Å². The number of carboxylic acid groups (broad SMARTS) is 1. The Labute approximate surface area is 85.4 Å². The van der Waals surface area contributed by atoms with Crippen LogP contribution in [0.25, 0.3) is 0 Å². The molecule has 0 bridgehead atoms. The molecule has 4 heteroatoms. The molecule has 0 aliphatic carbocycles. The Morgan fingerprint density at radius 3 is 2.07 bits per heavy atom. The van der Waals surface area contributed by atoms with Gasteiger partial charge in [0.25, 0.3) is 5.97 Å². The van der Waals surface area contributed by atoms with Gasteiger partial charge in [0.2, 0.25) is 0 Å². The highest BCUT2D eigenvalue weighted by atomic mass is 16.4. The van der Waals surface area contributed by atoms with Crippen molar-refractivity contribution in [3.05, 3.63) is 18.0 Å². The van der Waals surface area contributed by atoms with E-state index in [4.69, 9.17) is 9.90 Å². The van der Waals surface area contributed by atoms with Crippen molar-refractivity contribution in [2.24, 2.45) is 0 Å². The molecule has 0 saturated heterocycles. The number of carboxylic acids is 1. The van der Waals surface area contributed by atoms with Gasteiger partial charge in [-0.3, -0.25) is 9.89 Å². The third-order valence-electron chi connectivity index (χ3n) is 1.14. The van der Waals surface area contributed by atoms with Crippen molar-refractivity contribution in [2.75, 3.05) is 0 Å². The van der Waals surface area contributed by atoms with Gasteiger partial charge >= 0.3 is 0 Å². The zero-order chi connectivity index (χ0) is 11.6. The summed E-state index contributed by atoms with van der Waals surface area (Å²) in [5.41, 5.74) is 1.20. The van der Waals surface area contributed by atoms with Crippen LogP contribution < -0.4 is 0 Å². The summed E-state index contributed by atoms with van der Waals surface area (Å²) >= 11 is 0. The molecule has 1 heterocycles. The normalized spacial score (nSPS) is 8.14. The van der Waals surface area contributed by atoms with Crippen LogP contribution in [0.15, 0.2) is 12.3 Å². The highest BCUT2D eigenvalue weighted by Gasteiger charge is 1.95. The van der Waals surface area contributed by atoms with Gasteiger partial charge in [-0.05, 0) is 12.0 Å². The first-order valence-electron chi connectivity index (χ1n) is 4.72. The monoisotopic (exact) mass is 200 g/mol. The summed E-state index contributed by atoms with van der Waals surface area (Å²) in [6.45, 7) is 9.35. The summed E-state index contributed by atoms with van der Waals surface area (Å²) in [5, 5.41) is 14.1. The van der Waals surface area contributed by atoms with Gasteiger partial charge in [0.1, 0.15) is 0 Å². The van der Waals surface area contributed by atoms with E-state index in [1.54, 1.807) is 6.20 Å². The van der Waals surface area contributed by atoms with Crippen LogP contribution >= 0.6 is 0 Å². The van der Waals surface area contributed by atoms with E-state index < -0.39 is 5.97 Å². The third-order valence-corrected chi connectivity index (χ3v) is 1.14. The fourth-order valence-corrected chi connectivity index (χ4v) is 0.588. The van der Waals surface area contributed by atoms with Gasteiger partial charge in [0.05, 0.1) is 0 Å². The summed E-state index contributed by atoms with van der Waals surface area (Å²) in [5.74, 6) is -0.266. The molecule has 1 rings (SSSR count). The van der Waals surface area contributed by atoms with Crippen LogP contribution in [0, 0.1) is 0 Å². The van der Waals surface area contributed by atoms with Gasteiger partial charge in [0.15, 0.2) is 0 Å². The Hall–Kier alpha value is -1.32. The molecule has 0 radical (unpaired) electrons. The molecular weight excluding hydrogens is 180 g/mol. The maximum absolute atomic E-state index is 9.00. The molecule has 82 valence electrons. The molecule has 14 heavy (non-hydrogen) atoms. The van der Waals surface area contributed by atoms with Crippen molar-refractivity contribution < 1.29 is 9.90 Å². The average molecular weight is 200 g/mol. The number of hydrogen-bond donors (Lipinski definition) is 2. The zero-order valence-electron chi connectivity index (χ0n) is 9.53. The third kappa shape index (κ3) is 10.7. The van der Waals surface area contributed by atoms with Gasteiger partial charge in [-0.25, -0.2) is 0 Å². The first-order chi connectivity index (χ1) is 6.54. The fourth-order valence-electron chi connectivity index (χ4n) is 0.588. The SMILES string of the molecule is CC.CC(=O)O.CC(C)c1ccn[nH]1. The van der Waals surface area contributed by atoms with E-state index in [-0.39, 0.29) is 0 Å². The van der Waals surface area contributed by atoms with Crippen LogP contribution in [0.4, 0.5) is 0 Å². The molecule has 0 spiro atoms. The Morgan fingerprint density at radius 2 is 1.93 bits per heavy atom. The second kappa shape index (κ2) is 9.77. The Balaban J connectivity index is 0. The minimum absolute atomic E-state index is 0.567. The second-order valence-corrected chi connectivity index (χ2v) is 2.69. The molecule has 1 aromatic rings. The van der Waals surface area contributed by atoms with Crippen molar-refractivity contribution in [1.82, 2.24) is 10.2 Å². The lowest BCUT2D eigenvalue weighted by molar-refractivity contribution is -0.134. The Morgan fingerprint density at radius 1 is 1.50 bits per heavy atom. The standard InChI is InChI=1S/C6H10N2.C2H4O2.C2H6/c1-5(2)6-3-4-7-8-6;1-2(3)4;1-2/h3-5H,1-2H3,(H,7,8);1H3,(H,3,4);1-2H3. The lowest BCUT2D eigenvalue weighted by Gasteiger charge is -1.95. The predicted molar refractivity (Wildman–Crippen MR) is 57.3 cm³/mol. The lowest BCUT2D eigenvalue weighted by Crippen LogP contribution is -1.85. The summed E-state index contributed by atoms with van der Waals surface area (Å²) in [4.78, 5) is 9.00. The van der Waals surface area contributed by atoms with Gasteiger partial charge in [0, 0.05) is 18.8 Å². The lowest BCUT2D eigenvalue weighted by atomic mass is 10.1. The van der Waals surface area contributed by atoms with E-state index in [2.05, 4.69) is 24.0 Å². The van der Waals surface area contributed by atoms with E-state index >= 15 is 0 Å². The number of aromatic amines is 1. The quantitative estimate of drug-likeness (QED) is 0.732. The minimum atomic E-state index is -0.833. The highest BCUT2D eigenvalue weighted by Crippen LogP contribution is 2.07. The minimum Gasteiger partial charge on any atom is -0.481 e. The summed E-state index contributed by atoms with van der Waals surface area (Å²) in [6, 6.07) is 1.99. The van der Waals surface area contributed by atoms with Crippen molar-refractivity contribution in [3.8, 4) is 0 Å². The molecule has 0 fully saturated rings. The van der Waals surface area contributed by atoms with Crippen LogP contribution in [0.2, 0.25) is 0 Å². The van der Waals surface area contributed by atoms with E-state index in [0.717, 1.165) is 6.92 Å². The van der Waals surface area contributed by atoms with Crippen LogP contribution in [-0.2, 0) is 4.79 Å². The Bertz CT molecular complexity index is 214. The zero-order valence-corrected chi connectivity index (χ0v) is 9.53. The van der Waals surface area contributed by atoms with Crippen molar-refractivity contribution in [2.45, 2.75) is 40.5 Å². The number of aliphatic carboxylic acids is 1. The molecule has 4 nitrogen and oxygen atoms in total. The van der Waals surface area contributed by atoms with Crippen molar-refractivity contribution >= 4 is 5.97 Å². The van der Waals surface area contributed by atoms with Crippen molar-refractivity contribution in [3.63, 3.8) is 0 Å².